The number of unbranched alkanes of at least 4 members (excludes halogenated alkanes) is 1. The summed E-state index contributed by atoms with van der Waals surface area (Å²) >= 11 is 0. The van der Waals surface area contributed by atoms with E-state index in [0.717, 1.165) is 30.0 Å². The number of ether oxygens (including phenoxy) is 2. The first-order valence-corrected chi connectivity index (χ1v) is 11.4. The number of nitrogens with zero attached hydrogens (tertiary/aromatic N) is 5. The second-order valence-electron chi connectivity index (χ2n) is 7.74. The monoisotopic (exact) mass is 477 g/mol. The van der Waals surface area contributed by atoms with Crippen LogP contribution in [-0.4, -0.2) is 55.8 Å². The van der Waals surface area contributed by atoms with Gasteiger partial charge in [-0.1, -0.05) is 5.21 Å². The molecule has 0 saturated heterocycles. The van der Waals surface area contributed by atoms with Crippen molar-refractivity contribution in [1.29, 1.82) is 0 Å². The van der Waals surface area contributed by atoms with Crippen molar-refractivity contribution < 1.29 is 19.4 Å². The molecule has 4 aromatic rings. The number of carboxylic acid groups (broad SMARTS) is 1. The third-order valence-electron chi connectivity index (χ3n) is 5.06. The van der Waals surface area contributed by atoms with Crippen molar-refractivity contribution in [3.63, 3.8) is 0 Å². The van der Waals surface area contributed by atoms with Crippen molar-refractivity contribution in [3.05, 3.63) is 54.7 Å². The van der Waals surface area contributed by atoms with Gasteiger partial charge in [0.1, 0.15) is 11.5 Å². The Morgan fingerprint density at radius 1 is 0.971 bits per heavy atom. The van der Waals surface area contributed by atoms with E-state index in [1.807, 2.05) is 36.4 Å². The highest BCUT2D eigenvalue weighted by Gasteiger charge is 2.11. The zero-order valence-electron chi connectivity index (χ0n) is 19.1. The fourth-order valence-electron chi connectivity index (χ4n) is 3.26. The summed E-state index contributed by atoms with van der Waals surface area (Å²) in [5.41, 5.74) is 8.19. The topological polar surface area (TPSA) is 150 Å². The van der Waals surface area contributed by atoms with Gasteiger partial charge in [0.15, 0.2) is 11.2 Å². The van der Waals surface area contributed by atoms with Gasteiger partial charge in [0.05, 0.1) is 25.1 Å². The van der Waals surface area contributed by atoms with E-state index in [1.165, 1.54) is 0 Å². The van der Waals surface area contributed by atoms with E-state index < -0.39 is 5.97 Å². The summed E-state index contributed by atoms with van der Waals surface area (Å²) in [5.74, 6) is 1.02. The Bertz CT molecular complexity index is 1240. The molecule has 0 radical (unpaired) electrons. The Morgan fingerprint density at radius 3 is 2.34 bits per heavy atom. The minimum atomic E-state index is -0.835. The number of carboxylic acids is 1. The van der Waals surface area contributed by atoms with E-state index in [9.17, 15) is 4.79 Å². The molecule has 0 bridgehead atoms. The number of nitrogens with one attached hydrogen (secondary N) is 1. The molecule has 11 nitrogen and oxygen atoms in total. The molecule has 0 amide bonds. The Balaban J connectivity index is 1.41. The molecule has 2 aromatic carbocycles. The van der Waals surface area contributed by atoms with E-state index in [-0.39, 0.29) is 6.42 Å². The standard InChI is InChI=1S/C24H27N7O4/c25-13-1-2-14-34-19-9-5-17(6-10-19)27-24-26-16-21-23(28-24)31(30-29-21)18-7-11-20(12-8-18)35-15-3-4-22(32)33/h5-12,16H,1-4,13-15,25H2,(H,32,33)(H,26,27,28). The summed E-state index contributed by atoms with van der Waals surface area (Å²) in [7, 11) is 0. The Hall–Kier alpha value is -4.25. The summed E-state index contributed by atoms with van der Waals surface area (Å²) in [6, 6.07) is 14.8. The molecule has 2 aromatic heterocycles. The van der Waals surface area contributed by atoms with Crippen LogP contribution in [0.2, 0.25) is 0 Å². The van der Waals surface area contributed by atoms with E-state index in [2.05, 4.69) is 25.6 Å². The van der Waals surface area contributed by atoms with Gasteiger partial charge >= 0.3 is 5.97 Å². The quantitative estimate of drug-likeness (QED) is 0.245. The number of carbonyl (C=O) groups is 1. The lowest BCUT2D eigenvalue weighted by molar-refractivity contribution is -0.137. The van der Waals surface area contributed by atoms with Crippen LogP contribution in [0.3, 0.4) is 0 Å². The highest BCUT2D eigenvalue weighted by atomic mass is 16.5. The molecular weight excluding hydrogens is 450 g/mol. The number of hydrogen-bond acceptors (Lipinski definition) is 9. The zero-order chi connectivity index (χ0) is 24.5. The molecule has 0 fully saturated rings. The number of fused-ring (bicyclic) bond motifs is 1. The van der Waals surface area contributed by atoms with Crippen LogP contribution >= 0.6 is 0 Å². The lowest BCUT2D eigenvalue weighted by Crippen LogP contribution is -2.03. The molecule has 4 N–H and O–H groups in total. The first-order valence-electron chi connectivity index (χ1n) is 11.4. The molecule has 0 aliphatic carbocycles. The Kier molecular flexibility index (Phi) is 8.02. The fraction of sp³-hybridized carbons (Fsp3) is 0.292. The molecule has 0 atom stereocenters. The fourth-order valence-corrected chi connectivity index (χ4v) is 3.26. The second kappa shape index (κ2) is 11.7. The maximum absolute atomic E-state index is 10.6. The van der Waals surface area contributed by atoms with Gasteiger partial charge in [0.2, 0.25) is 5.95 Å². The van der Waals surface area contributed by atoms with Crippen LogP contribution in [0.4, 0.5) is 11.6 Å². The van der Waals surface area contributed by atoms with Crippen LogP contribution in [0.1, 0.15) is 25.7 Å². The SMILES string of the molecule is NCCCCOc1ccc(Nc2ncc3nnn(-c4ccc(OCCCC(=O)O)cc4)c3n2)cc1. The molecule has 0 saturated carbocycles. The summed E-state index contributed by atoms with van der Waals surface area (Å²) in [4.78, 5) is 19.5. The molecule has 11 heteroatoms. The van der Waals surface area contributed by atoms with Gasteiger partial charge in [-0.05, 0) is 74.3 Å². The van der Waals surface area contributed by atoms with Crippen LogP contribution in [0.25, 0.3) is 16.9 Å². The van der Waals surface area contributed by atoms with Gasteiger partial charge in [-0.2, -0.15) is 9.67 Å². The number of benzene rings is 2. The van der Waals surface area contributed by atoms with Crippen molar-refractivity contribution in [2.75, 3.05) is 25.1 Å². The molecule has 2 heterocycles. The van der Waals surface area contributed by atoms with Crippen molar-refractivity contribution in [2.45, 2.75) is 25.7 Å². The van der Waals surface area contributed by atoms with Crippen molar-refractivity contribution >= 4 is 28.8 Å². The minimum absolute atomic E-state index is 0.0757. The minimum Gasteiger partial charge on any atom is -0.494 e. The summed E-state index contributed by atoms with van der Waals surface area (Å²) in [6.45, 7) is 1.64. The van der Waals surface area contributed by atoms with Crippen molar-refractivity contribution in [3.8, 4) is 17.2 Å². The molecule has 0 aliphatic rings. The number of aliphatic carboxylic acids is 1. The number of nitrogens with two attached hydrogens (primary N) is 1. The first-order chi connectivity index (χ1) is 17.1. The smallest absolute Gasteiger partial charge is 0.303 e. The van der Waals surface area contributed by atoms with Gasteiger partial charge in [0, 0.05) is 12.1 Å². The molecular formula is C24H27N7O4. The number of hydrogen-bond donors (Lipinski definition) is 3. The van der Waals surface area contributed by atoms with Gasteiger partial charge < -0.3 is 25.6 Å². The van der Waals surface area contributed by atoms with E-state index in [1.54, 1.807) is 23.0 Å². The molecule has 0 aliphatic heterocycles. The van der Waals surface area contributed by atoms with E-state index >= 15 is 0 Å². The lowest BCUT2D eigenvalue weighted by atomic mass is 10.3. The number of aromatic nitrogens is 5. The highest BCUT2D eigenvalue weighted by Crippen LogP contribution is 2.21. The summed E-state index contributed by atoms with van der Waals surface area (Å²) in [5, 5.41) is 20.2. The predicted molar refractivity (Wildman–Crippen MR) is 130 cm³/mol. The second-order valence-corrected chi connectivity index (χ2v) is 7.74. The normalized spacial score (nSPS) is 10.9. The molecule has 0 spiro atoms. The molecule has 4 rings (SSSR count). The predicted octanol–water partition coefficient (Wildman–Crippen LogP) is 3.32. The van der Waals surface area contributed by atoms with Crippen LogP contribution in [-0.2, 0) is 4.79 Å². The van der Waals surface area contributed by atoms with Crippen LogP contribution in [0.5, 0.6) is 11.5 Å². The third kappa shape index (κ3) is 6.64. The lowest BCUT2D eigenvalue weighted by Gasteiger charge is -2.09. The summed E-state index contributed by atoms with van der Waals surface area (Å²) < 4.78 is 12.9. The van der Waals surface area contributed by atoms with E-state index in [4.69, 9.17) is 20.3 Å². The maximum Gasteiger partial charge on any atom is 0.303 e. The zero-order valence-corrected chi connectivity index (χ0v) is 19.1. The van der Waals surface area contributed by atoms with Crippen LogP contribution < -0.4 is 20.5 Å². The Labute approximate surface area is 201 Å². The van der Waals surface area contributed by atoms with Crippen LogP contribution in [0.15, 0.2) is 54.7 Å². The number of rotatable bonds is 13. The van der Waals surface area contributed by atoms with Crippen molar-refractivity contribution in [2.24, 2.45) is 5.73 Å². The largest absolute Gasteiger partial charge is 0.494 e. The average molecular weight is 478 g/mol. The van der Waals surface area contributed by atoms with Gasteiger partial charge in [-0.25, -0.2) is 4.98 Å². The third-order valence-corrected chi connectivity index (χ3v) is 5.06. The van der Waals surface area contributed by atoms with Gasteiger partial charge in [-0.3, -0.25) is 4.79 Å². The van der Waals surface area contributed by atoms with Gasteiger partial charge in [0.25, 0.3) is 0 Å². The maximum atomic E-state index is 10.6. The average Bonchev–Trinajstić information content (AvgIpc) is 3.29. The molecule has 0 unspecified atom stereocenters. The Morgan fingerprint density at radius 2 is 1.66 bits per heavy atom. The molecule has 182 valence electrons. The number of anilines is 2. The van der Waals surface area contributed by atoms with Crippen molar-refractivity contribution in [1.82, 2.24) is 25.0 Å². The van der Waals surface area contributed by atoms with E-state index in [0.29, 0.717) is 49.0 Å². The highest BCUT2D eigenvalue weighted by molar-refractivity contribution is 5.73. The van der Waals surface area contributed by atoms with Crippen LogP contribution in [0, 0.1) is 0 Å². The molecule has 35 heavy (non-hydrogen) atoms. The summed E-state index contributed by atoms with van der Waals surface area (Å²) in [6.07, 6.45) is 4.00. The first kappa shape index (κ1) is 23.9. The van der Waals surface area contributed by atoms with Gasteiger partial charge in [-0.15, -0.1) is 5.10 Å².